The average Bonchev–Trinajstić information content (AvgIpc) is 3.11. The molecule has 2 heterocycles. The van der Waals surface area contributed by atoms with Crippen molar-refractivity contribution in [3.05, 3.63) is 29.3 Å². The van der Waals surface area contributed by atoms with Gasteiger partial charge in [0.15, 0.2) is 6.23 Å². The number of anilines is 1. The van der Waals surface area contributed by atoms with Crippen molar-refractivity contribution in [2.75, 3.05) is 5.73 Å². The summed E-state index contributed by atoms with van der Waals surface area (Å²) in [5, 5.41) is 10.5. The summed E-state index contributed by atoms with van der Waals surface area (Å²) in [6.07, 6.45) is -1.22. The fraction of sp³-hybridized carbons (Fsp3) is 0.312. The minimum absolute atomic E-state index is 0.00349. The molecule has 142 valence electrons. The van der Waals surface area contributed by atoms with Crippen LogP contribution >= 0.6 is 0 Å². The summed E-state index contributed by atoms with van der Waals surface area (Å²) in [5.41, 5.74) is 5.28. The van der Waals surface area contributed by atoms with Gasteiger partial charge in [0.2, 0.25) is 0 Å². The number of nitrogens with zero attached hydrogens (tertiary/aromatic N) is 2. The van der Waals surface area contributed by atoms with Crippen LogP contribution in [0, 0.1) is 0 Å². The lowest BCUT2D eigenvalue weighted by Crippen LogP contribution is -2.35. The van der Waals surface area contributed by atoms with Crippen LogP contribution < -0.4 is 5.73 Å². The van der Waals surface area contributed by atoms with Crippen LogP contribution in [0.4, 0.5) is 5.69 Å². The first-order valence-electron chi connectivity index (χ1n) is 7.97. The molecular formula is C16H15N3O8. The number of amides is 3. The van der Waals surface area contributed by atoms with Gasteiger partial charge >= 0.3 is 11.9 Å². The third-order valence-electron chi connectivity index (χ3n) is 3.92. The lowest BCUT2D eigenvalue weighted by atomic mass is 10.1. The summed E-state index contributed by atoms with van der Waals surface area (Å²) in [7, 11) is 0. The molecule has 0 bridgehead atoms. The van der Waals surface area contributed by atoms with E-state index in [9.17, 15) is 29.1 Å². The molecule has 1 aromatic rings. The maximum Gasteiger partial charge on any atom is 0.364 e. The molecule has 3 N–H and O–H groups in total. The van der Waals surface area contributed by atoms with Gasteiger partial charge in [0.1, 0.15) is 0 Å². The number of hydrogen-bond donors (Lipinski definition) is 2. The van der Waals surface area contributed by atoms with E-state index in [0.29, 0.717) is 10.1 Å². The maximum atomic E-state index is 12.2. The van der Waals surface area contributed by atoms with Gasteiger partial charge in [0, 0.05) is 31.4 Å². The Balaban J connectivity index is 1.76. The molecule has 27 heavy (non-hydrogen) atoms. The highest BCUT2D eigenvalue weighted by molar-refractivity contribution is 6.03. The number of benzene rings is 1. The lowest BCUT2D eigenvalue weighted by Gasteiger charge is -2.19. The molecule has 2 saturated heterocycles. The molecule has 3 amide bonds. The van der Waals surface area contributed by atoms with E-state index in [1.54, 1.807) is 0 Å². The van der Waals surface area contributed by atoms with Crippen molar-refractivity contribution in [1.29, 1.82) is 0 Å². The summed E-state index contributed by atoms with van der Waals surface area (Å²) in [4.78, 5) is 68.6. The summed E-state index contributed by atoms with van der Waals surface area (Å²) in [5.74, 6) is -3.97. The smallest absolute Gasteiger partial charge is 0.364 e. The molecule has 11 nitrogen and oxygen atoms in total. The van der Waals surface area contributed by atoms with E-state index in [4.69, 9.17) is 15.4 Å². The Morgan fingerprint density at radius 1 is 0.926 bits per heavy atom. The molecule has 2 fully saturated rings. The SMILES string of the molecule is Nc1cc(C(=O)ON2C(=O)CCC2=O)cc(C(=O)ON2C(=O)CCC2O)c1. The number of nitrogen functional groups attached to an aromatic ring is 1. The molecule has 1 atom stereocenters. The van der Waals surface area contributed by atoms with Crippen LogP contribution in [0.25, 0.3) is 0 Å². The molecule has 1 aromatic carbocycles. The van der Waals surface area contributed by atoms with Crippen LogP contribution in [-0.4, -0.2) is 51.1 Å². The number of hydroxylamine groups is 4. The highest BCUT2D eigenvalue weighted by Crippen LogP contribution is 2.21. The van der Waals surface area contributed by atoms with E-state index >= 15 is 0 Å². The molecule has 0 aromatic heterocycles. The molecule has 0 saturated carbocycles. The summed E-state index contributed by atoms with van der Waals surface area (Å²) in [6.45, 7) is 0. The normalized spacial score (nSPS) is 19.6. The molecule has 0 aliphatic carbocycles. The third-order valence-corrected chi connectivity index (χ3v) is 3.92. The van der Waals surface area contributed by atoms with Crippen molar-refractivity contribution in [3.8, 4) is 0 Å². The summed E-state index contributed by atoms with van der Waals surface area (Å²) < 4.78 is 0. The molecule has 11 heteroatoms. The predicted octanol–water partition coefficient (Wildman–Crippen LogP) is -0.498. The van der Waals surface area contributed by atoms with Crippen molar-refractivity contribution in [2.24, 2.45) is 0 Å². The number of aliphatic hydroxyl groups is 1. The zero-order chi connectivity index (χ0) is 19.7. The molecule has 2 aliphatic heterocycles. The maximum absolute atomic E-state index is 12.2. The largest absolute Gasteiger partial charge is 0.399 e. The van der Waals surface area contributed by atoms with Gasteiger partial charge in [-0.1, -0.05) is 0 Å². The van der Waals surface area contributed by atoms with Crippen molar-refractivity contribution in [3.63, 3.8) is 0 Å². The molecular weight excluding hydrogens is 362 g/mol. The first kappa shape index (κ1) is 18.3. The number of carbonyl (C=O) groups is 5. The van der Waals surface area contributed by atoms with Gasteiger partial charge in [-0.3, -0.25) is 14.4 Å². The van der Waals surface area contributed by atoms with Crippen molar-refractivity contribution in [2.45, 2.75) is 31.9 Å². The molecule has 0 spiro atoms. The molecule has 2 aliphatic rings. The Bertz CT molecular complexity index is 836. The Kier molecular flexibility index (Phi) is 4.77. The molecule has 1 unspecified atom stereocenters. The molecule has 3 rings (SSSR count). The second-order valence-electron chi connectivity index (χ2n) is 5.92. The number of imide groups is 1. The highest BCUT2D eigenvalue weighted by atomic mass is 16.7. The van der Waals surface area contributed by atoms with Gasteiger partial charge < -0.3 is 20.5 Å². The Hall–Kier alpha value is -3.47. The van der Waals surface area contributed by atoms with Crippen LogP contribution in [0.3, 0.4) is 0 Å². The molecule has 0 radical (unpaired) electrons. The topological polar surface area (TPSA) is 157 Å². The Morgan fingerprint density at radius 3 is 2.00 bits per heavy atom. The number of rotatable bonds is 4. The second-order valence-corrected chi connectivity index (χ2v) is 5.92. The van der Waals surface area contributed by atoms with Crippen LogP contribution in [0.15, 0.2) is 18.2 Å². The Labute approximate surface area is 152 Å². The zero-order valence-electron chi connectivity index (χ0n) is 13.9. The summed E-state index contributed by atoms with van der Waals surface area (Å²) in [6, 6.07) is 3.44. The Morgan fingerprint density at radius 2 is 1.48 bits per heavy atom. The third kappa shape index (κ3) is 3.72. The van der Waals surface area contributed by atoms with Crippen LogP contribution in [0.2, 0.25) is 0 Å². The van der Waals surface area contributed by atoms with E-state index in [1.807, 2.05) is 0 Å². The van der Waals surface area contributed by atoms with Gasteiger partial charge in [0.25, 0.3) is 17.7 Å². The minimum atomic E-state index is -1.25. The highest BCUT2D eigenvalue weighted by Gasteiger charge is 2.35. The minimum Gasteiger partial charge on any atom is -0.399 e. The van der Waals surface area contributed by atoms with Gasteiger partial charge in [-0.2, -0.15) is 0 Å². The van der Waals surface area contributed by atoms with Gasteiger partial charge in [0.05, 0.1) is 11.1 Å². The second kappa shape index (κ2) is 7.03. The fourth-order valence-electron chi connectivity index (χ4n) is 2.58. The lowest BCUT2D eigenvalue weighted by molar-refractivity contribution is -0.191. The van der Waals surface area contributed by atoms with Crippen LogP contribution in [-0.2, 0) is 24.1 Å². The fourth-order valence-corrected chi connectivity index (χ4v) is 2.58. The first-order valence-corrected chi connectivity index (χ1v) is 7.97. The van der Waals surface area contributed by atoms with E-state index in [2.05, 4.69) is 0 Å². The van der Waals surface area contributed by atoms with E-state index in [-0.39, 0.29) is 42.5 Å². The van der Waals surface area contributed by atoms with Crippen molar-refractivity contribution < 1.29 is 38.8 Å². The number of aliphatic hydroxyl groups excluding tert-OH is 1. The zero-order valence-corrected chi connectivity index (χ0v) is 13.9. The quantitative estimate of drug-likeness (QED) is 0.521. The number of nitrogens with two attached hydrogens (primary N) is 1. The predicted molar refractivity (Wildman–Crippen MR) is 84.9 cm³/mol. The van der Waals surface area contributed by atoms with E-state index < -0.39 is 35.9 Å². The van der Waals surface area contributed by atoms with Crippen LogP contribution in [0.5, 0.6) is 0 Å². The van der Waals surface area contributed by atoms with Crippen molar-refractivity contribution >= 4 is 35.3 Å². The van der Waals surface area contributed by atoms with Gasteiger partial charge in [-0.15, -0.1) is 10.1 Å². The van der Waals surface area contributed by atoms with Crippen molar-refractivity contribution in [1.82, 2.24) is 10.1 Å². The first-order chi connectivity index (χ1) is 12.8. The van der Waals surface area contributed by atoms with E-state index in [0.717, 1.165) is 6.07 Å². The standard InChI is InChI=1S/C16H15N3O8/c17-10-6-8(15(24)26-18-11(20)1-2-12(18)21)5-9(7-10)16(25)27-19-13(22)3-4-14(19)23/h5-7,11,20H,1-4,17H2. The van der Waals surface area contributed by atoms with Gasteiger partial charge in [-0.05, 0) is 18.2 Å². The average molecular weight is 377 g/mol. The monoisotopic (exact) mass is 377 g/mol. The van der Waals surface area contributed by atoms with Crippen LogP contribution in [0.1, 0.15) is 46.4 Å². The number of hydrogen-bond acceptors (Lipinski definition) is 9. The van der Waals surface area contributed by atoms with E-state index in [1.165, 1.54) is 12.1 Å². The number of carbonyl (C=O) groups excluding carboxylic acids is 5. The van der Waals surface area contributed by atoms with Gasteiger partial charge in [-0.25, -0.2) is 9.59 Å². The summed E-state index contributed by atoms with van der Waals surface area (Å²) >= 11 is 0.